The molecule has 0 aliphatic carbocycles. The molecule has 1 amide bonds. The van der Waals surface area contributed by atoms with Gasteiger partial charge in [0.25, 0.3) is 5.91 Å². The fourth-order valence-electron chi connectivity index (χ4n) is 3.40. The lowest BCUT2D eigenvalue weighted by molar-refractivity contribution is 0.0507. The molecule has 0 N–H and O–H groups in total. The zero-order chi connectivity index (χ0) is 20.6. The molecule has 5 heteroatoms. The first kappa shape index (κ1) is 20.9. The van der Waals surface area contributed by atoms with Crippen LogP contribution in [0.25, 0.3) is 0 Å². The van der Waals surface area contributed by atoms with Crippen molar-refractivity contribution in [3.8, 4) is 5.75 Å². The molecule has 0 radical (unpaired) electrons. The number of nitrogens with zero attached hydrogens (tertiary/aromatic N) is 2. The van der Waals surface area contributed by atoms with Gasteiger partial charge < -0.3 is 19.3 Å². The molecule has 29 heavy (non-hydrogen) atoms. The second-order valence-corrected chi connectivity index (χ2v) is 7.51. The summed E-state index contributed by atoms with van der Waals surface area (Å²) in [7, 11) is 4.04. The second kappa shape index (κ2) is 10.1. The zero-order valence-corrected chi connectivity index (χ0v) is 17.3. The molecule has 1 aliphatic rings. The van der Waals surface area contributed by atoms with Crippen LogP contribution < -0.4 is 9.64 Å². The summed E-state index contributed by atoms with van der Waals surface area (Å²) >= 11 is 0. The quantitative estimate of drug-likeness (QED) is 0.600. The van der Waals surface area contributed by atoms with Gasteiger partial charge in [-0.25, -0.2) is 0 Å². The van der Waals surface area contributed by atoms with Crippen molar-refractivity contribution in [3.05, 3.63) is 72.3 Å². The summed E-state index contributed by atoms with van der Waals surface area (Å²) in [6.07, 6.45) is 3.86. The van der Waals surface area contributed by atoms with Crippen LogP contribution in [0.2, 0.25) is 0 Å². The number of hydrogen-bond acceptors (Lipinski definition) is 4. The first-order valence-electron chi connectivity index (χ1n) is 10.1. The molecule has 154 valence electrons. The molecule has 1 fully saturated rings. The van der Waals surface area contributed by atoms with E-state index in [0.717, 1.165) is 36.4 Å². The van der Waals surface area contributed by atoms with Crippen molar-refractivity contribution in [1.29, 1.82) is 0 Å². The van der Waals surface area contributed by atoms with Crippen LogP contribution in [0, 0.1) is 0 Å². The molecule has 5 nitrogen and oxygen atoms in total. The van der Waals surface area contributed by atoms with E-state index in [-0.39, 0.29) is 12.0 Å². The lowest BCUT2D eigenvalue weighted by Crippen LogP contribution is -2.37. The molecule has 1 heterocycles. The number of amides is 1. The summed E-state index contributed by atoms with van der Waals surface area (Å²) < 4.78 is 11.3. The Morgan fingerprint density at radius 1 is 1.17 bits per heavy atom. The van der Waals surface area contributed by atoms with Gasteiger partial charge in [0.05, 0.1) is 6.10 Å². The Morgan fingerprint density at radius 3 is 2.48 bits per heavy atom. The minimum Gasteiger partial charge on any atom is -0.490 e. The van der Waals surface area contributed by atoms with Crippen molar-refractivity contribution in [2.45, 2.75) is 25.5 Å². The van der Waals surface area contributed by atoms with Gasteiger partial charge in [-0.2, -0.15) is 0 Å². The highest BCUT2D eigenvalue weighted by Gasteiger charge is 2.23. The molecule has 0 aromatic heterocycles. The average Bonchev–Trinajstić information content (AvgIpc) is 3.25. The first-order valence-corrected chi connectivity index (χ1v) is 10.1. The molecule has 1 atom stereocenters. The van der Waals surface area contributed by atoms with Crippen molar-refractivity contribution in [3.63, 3.8) is 0 Å². The summed E-state index contributed by atoms with van der Waals surface area (Å²) in [5.41, 5.74) is 2.90. The van der Waals surface area contributed by atoms with Gasteiger partial charge in [0.15, 0.2) is 0 Å². The highest BCUT2D eigenvalue weighted by Crippen LogP contribution is 2.20. The number of anilines is 1. The minimum absolute atomic E-state index is 0.00690. The van der Waals surface area contributed by atoms with Gasteiger partial charge in [0.2, 0.25) is 0 Å². The number of carbonyl (C=O) groups is 1. The Hall–Kier alpha value is -2.79. The summed E-state index contributed by atoms with van der Waals surface area (Å²) in [5, 5.41) is 0. The van der Waals surface area contributed by atoms with Gasteiger partial charge in [-0.1, -0.05) is 24.8 Å². The molecule has 3 rings (SSSR count). The van der Waals surface area contributed by atoms with Gasteiger partial charge in [0.1, 0.15) is 12.4 Å². The lowest BCUT2D eigenvalue weighted by atomic mass is 10.1. The predicted octanol–water partition coefficient (Wildman–Crippen LogP) is 4.14. The van der Waals surface area contributed by atoms with Crippen LogP contribution >= 0.6 is 0 Å². The second-order valence-electron chi connectivity index (χ2n) is 7.51. The summed E-state index contributed by atoms with van der Waals surface area (Å²) in [6.45, 7) is 6.03. The van der Waals surface area contributed by atoms with E-state index in [1.165, 1.54) is 0 Å². The summed E-state index contributed by atoms with van der Waals surface area (Å²) in [4.78, 5) is 17.2. The fourth-order valence-corrected chi connectivity index (χ4v) is 3.40. The molecule has 0 saturated carbocycles. The molecule has 1 saturated heterocycles. The third kappa shape index (κ3) is 5.84. The predicted molar refractivity (Wildman–Crippen MR) is 117 cm³/mol. The maximum absolute atomic E-state index is 13.2. The standard InChI is InChI=1S/C24H30N2O3/c1-4-15-28-22-13-9-20(10-14-22)24(27)26(18-23-6-5-16-29-23)17-19-7-11-21(12-8-19)25(2)3/h4,7-14,23H,1,5-6,15-18H2,2-3H3. The Labute approximate surface area is 173 Å². The summed E-state index contributed by atoms with van der Waals surface area (Å²) in [5.74, 6) is 0.735. The number of benzene rings is 2. The monoisotopic (exact) mass is 394 g/mol. The molecule has 0 bridgehead atoms. The average molecular weight is 395 g/mol. The molecular formula is C24H30N2O3. The van der Waals surface area contributed by atoms with Gasteiger partial charge in [-0.05, 0) is 54.8 Å². The van der Waals surface area contributed by atoms with E-state index in [9.17, 15) is 4.79 Å². The number of rotatable bonds is 9. The highest BCUT2D eigenvalue weighted by molar-refractivity contribution is 5.94. The first-order chi connectivity index (χ1) is 14.1. The lowest BCUT2D eigenvalue weighted by Gasteiger charge is -2.26. The molecule has 1 unspecified atom stereocenters. The van der Waals surface area contributed by atoms with E-state index in [2.05, 4.69) is 35.7 Å². The fraction of sp³-hybridized carbons (Fsp3) is 0.375. The van der Waals surface area contributed by atoms with Crippen molar-refractivity contribution in [2.75, 3.05) is 38.8 Å². The zero-order valence-electron chi connectivity index (χ0n) is 17.3. The maximum Gasteiger partial charge on any atom is 0.254 e. The van der Waals surface area contributed by atoms with Crippen LogP contribution in [0.1, 0.15) is 28.8 Å². The van der Waals surface area contributed by atoms with E-state index >= 15 is 0 Å². The molecule has 2 aromatic rings. The van der Waals surface area contributed by atoms with E-state index < -0.39 is 0 Å². The normalized spacial score (nSPS) is 15.7. The summed E-state index contributed by atoms with van der Waals surface area (Å²) in [6, 6.07) is 15.6. The smallest absolute Gasteiger partial charge is 0.254 e. The molecular weight excluding hydrogens is 364 g/mol. The van der Waals surface area contributed by atoms with Crippen LogP contribution in [0.15, 0.2) is 61.2 Å². The van der Waals surface area contributed by atoms with Crippen molar-refractivity contribution in [1.82, 2.24) is 4.90 Å². The Kier molecular flexibility index (Phi) is 7.30. The van der Waals surface area contributed by atoms with Crippen LogP contribution in [-0.2, 0) is 11.3 Å². The van der Waals surface area contributed by atoms with Crippen LogP contribution in [0.5, 0.6) is 5.75 Å². The largest absolute Gasteiger partial charge is 0.490 e. The van der Waals surface area contributed by atoms with Gasteiger partial charge in [-0.3, -0.25) is 4.79 Å². The van der Waals surface area contributed by atoms with E-state index in [4.69, 9.17) is 9.47 Å². The van der Waals surface area contributed by atoms with Crippen molar-refractivity contribution < 1.29 is 14.3 Å². The minimum atomic E-state index is 0.00690. The number of ether oxygens (including phenoxy) is 2. The third-order valence-corrected chi connectivity index (χ3v) is 5.03. The van der Waals surface area contributed by atoms with Crippen molar-refractivity contribution in [2.24, 2.45) is 0 Å². The van der Waals surface area contributed by atoms with E-state index in [1.54, 1.807) is 6.08 Å². The van der Waals surface area contributed by atoms with Gasteiger partial charge in [0, 0.05) is 45.0 Å². The van der Waals surface area contributed by atoms with E-state index in [0.29, 0.717) is 25.3 Å². The van der Waals surface area contributed by atoms with Crippen LogP contribution in [0.3, 0.4) is 0 Å². The molecule has 1 aliphatic heterocycles. The van der Waals surface area contributed by atoms with E-state index in [1.807, 2.05) is 43.3 Å². The number of hydrogen-bond donors (Lipinski definition) is 0. The number of carbonyl (C=O) groups excluding carboxylic acids is 1. The van der Waals surface area contributed by atoms with Crippen LogP contribution in [0.4, 0.5) is 5.69 Å². The van der Waals surface area contributed by atoms with Gasteiger partial charge in [-0.15, -0.1) is 0 Å². The molecule has 0 spiro atoms. The Morgan fingerprint density at radius 2 is 1.90 bits per heavy atom. The molecule has 2 aromatic carbocycles. The Bertz CT molecular complexity index is 794. The van der Waals surface area contributed by atoms with Crippen molar-refractivity contribution >= 4 is 11.6 Å². The van der Waals surface area contributed by atoms with Crippen LogP contribution in [-0.4, -0.2) is 50.8 Å². The highest BCUT2D eigenvalue weighted by atomic mass is 16.5. The Balaban J connectivity index is 1.74. The topological polar surface area (TPSA) is 42.0 Å². The maximum atomic E-state index is 13.2. The third-order valence-electron chi connectivity index (χ3n) is 5.03. The van der Waals surface area contributed by atoms with Gasteiger partial charge >= 0.3 is 0 Å². The SMILES string of the molecule is C=CCOc1ccc(C(=O)N(Cc2ccc(N(C)C)cc2)CC2CCCO2)cc1.